The topological polar surface area (TPSA) is 59.2 Å². The molecule has 0 fully saturated rings. The Balaban J connectivity index is 1.69. The number of hydrogen-bond donors (Lipinski definition) is 2. The van der Waals surface area contributed by atoms with Gasteiger partial charge in [0.2, 0.25) is 12.7 Å². The Kier molecular flexibility index (Phi) is 2.29. The van der Waals surface area contributed by atoms with Crippen LogP contribution in [0.25, 0.3) is 11.0 Å². The van der Waals surface area contributed by atoms with Gasteiger partial charge in [-0.1, -0.05) is 0 Å². The SMILES string of the molecule is Fc1ccc(Nc2nc3cc4c(cc3[nH]2)OCO4)cc1. The highest BCUT2D eigenvalue weighted by Gasteiger charge is 2.16. The first-order chi connectivity index (χ1) is 9.78. The molecule has 3 aromatic rings. The minimum absolute atomic E-state index is 0.239. The van der Waals surface area contributed by atoms with Crippen molar-refractivity contribution in [3.8, 4) is 11.5 Å². The number of ether oxygens (including phenoxy) is 2. The number of aromatic amines is 1. The van der Waals surface area contributed by atoms with Crippen molar-refractivity contribution in [2.75, 3.05) is 12.1 Å². The lowest BCUT2D eigenvalue weighted by atomic mass is 10.3. The van der Waals surface area contributed by atoms with E-state index in [4.69, 9.17) is 9.47 Å². The Bertz CT molecular complexity index is 742. The van der Waals surface area contributed by atoms with Gasteiger partial charge >= 0.3 is 0 Å². The summed E-state index contributed by atoms with van der Waals surface area (Å²) < 4.78 is 23.5. The van der Waals surface area contributed by atoms with Crippen LogP contribution in [0.1, 0.15) is 0 Å². The average Bonchev–Trinajstić information content (AvgIpc) is 3.03. The van der Waals surface area contributed by atoms with Crippen LogP contribution in [0.4, 0.5) is 16.0 Å². The van der Waals surface area contributed by atoms with Crippen molar-refractivity contribution in [2.45, 2.75) is 0 Å². The number of fused-ring (bicyclic) bond motifs is 2. The number of rotatable bonds is 2. The zero-order valence-corrected chi connectivity index (χ0v) is 10.3. The summed E-state index contributed by atoms with van der Waals surface area (Å²) in [6.07, 6.45) is 0. The summed E-state index contributed by atoms with van der Waals surface area (Å²) in [6.45, 7) is 0.239. The molecule has 2 N–H and O–H groups in total. The molecule has 4 rings (SSSR count). The Morgan fingerprint density at radius 3 is 2.65 bits per heavy atom. The zero-order valence-electron chi connectivity index (χ0n) is 10.3. The molecule has 1 aliphatic rings. The third kappa shape index (κ3) is 1.82. The van der Waals surface area contributed by atoms with Crippen molar-refractivity contribution >= 4 is 22.7 Å². The van der Waals surface area contributed by atoms with Crippen LogP contribution in [0.3, 0.4) is 0 Å². The largest absolute Gasteiger partial charge is 0.454 e. The van der Waals surface area contributed by atoms with Crippen molar-refractivity contribution < 1.29 is 13.9 Å². The molecule has 1 aliphatic heterocycles. The summed E-state index contributed by atoms with van der Waals surface area (Å²) in [7, 11) is 0. The maximum Gasteiger partial charge on any atom is 0.231 e. The molecular formula is C14H10FN3O2. The first-order valence-electron chi connectivity index (χ1n) is 6.10. The number of benzene rings is 2. The van der Waals surface area contributed by atoms with Gasteiger partial charge < -0.3 is 19.8 Å². The number of nitrogens with zero attached hydrogens (tertiary/aromatic N) is 1. The number of halogens is 1. The van der Waals surface area contributed by atoms with Gasteiger partial charge in [0.05, 0.1) is 11.0 Å². The smallest absolute Gasteiger partial charge is 0.231 e. The van der Waals surface area contributed by atoms with Gasteiger partial charge in [0.25, 0.3) is 0 Å². The minimum atomic E-state index is -0.272. The van der Waals surface area contributed by atoms with Crippen LogP contribution in [-0.4, -0.2) is 16.8 Å². The van der Waals surface area contributed by atoms with Crippen LogP contribution < -0.4 is 14.8 Å². The average molecular weight is 271 g/mol. The van der Waals surface area contributed by atoms with Crippen molar-refractivity contribution in [3.05, 3.63) is 42.2 Å². The van der Waals surface area contributed by atoms with Gasteiger partial charge in [0.15, 0.2) is 11.5 Å². The highest BCUT2D eigenvalue weighted by Crippen LogP contribution is 2.35. The molecule has 0 bridgehead atoms. The Morgan fingerprint density at radius 2 is 1.85 bits per heavy atom. The molecule has 20 heavy (non-hydrogen) atoms. The maximum atomic E-state index is 12.8. The Labute approximate surface area is 113 Å². The molecule has 0 spiro atoms. The Morgan fingerprint density at radius 1 is 1.10 bits per heavy atom. The summed E-state index contributed by atoms with van der Waals surface area (Å²) >= 11 is 0. The minimum Gasteiger partial charge on any atom is -0.454 e. The normalized spacial score (nSPS) is 12.8. The van der Waals surface area contributed by atoms with Crippen LogP contribution in [0.15, 0.2) is 36.4 Å². The highest BCUT2D eigenvalue weighted by atomic mass is 19.1. The van der Waals surface area contributed by atoms with Crippen LogP contribution in [0, 0.1) is 5.82 Å². The van der Waals surface area contributed by atoms with E-state index in [1.54, 1.807) is 12.1 Å². The van der Waals surface area contributed by atoms with E-state index in [0.29, 0.717) is 17.4 Å². The molecule has 0 radical (unpaired) electrons. The van der Waals surface area contributed by atoms with E-state index in [2.05, 4.69) is 15.3 Å². The van der Waals surface area contributed by atoms with Gasteiger partial charge in [-0.2, -0.15) is 0 Å². The lowest BCUT2D eigenvalue weighted by molar-refractivity contribution is 0.174. The summed E-state index contributed by atoms with van der Waals surface area (Å²) in [5.74, 6) is 1.70. The van der Waals surface area contributed by atoms with E-state index in [0.717, 1.165) is 16.7 Å². The van der Waals surface area contributed by atoms with E-state index in [1.807, 2.05) is 12.1 Å². The number of aromatic nitrogens is 2. The first-order valence-corrected chi connectivity index (χ1v) is 6.10. The zero-order chi connectivity index (χ0) is 13.5. The first kappa shape index (κ1) is 11.1. The monoisotopic (exact) mass is 271 g/mol. The molecule has 2 aromatic carbocycles. The van der Waals surface area contributed by atoms with Gasteiger partial charge in [-0.3, -0.25) is 0 Å². The lowest BCUT2D eigenvalue weighted by Crippen LogP contribution is -1.93. The summed E-state index contributed by atoms with van der Waals surface area (Å²) in [5, 5.41) is 3.08. The predicted molar refractivity (Wildman–Crippen MR) is 71.9 cm³/mol. The molecule has 0 aliphatic carbocycles. The van der Waals surface area contributed by atoms with Crippen molar-refractivity contribution in [1.29, 1.82) is 0 Å². The molecule has 5 nitrogen and oxygen atoms in total. The number of nitrogens with one attached hydrogen (secondary N) is 2. The van der Waals surface area contributed by atoms with Gasteiger partial charge in [-0.25, -0.2) is 9.37 Å². The molecule has 0 saturated carbocycles. The van der Waals surface area contributed by atoms with Gasteiger partial charge in [-0.15, -0.1) is 0 Å². The van der Waals surface area contributed by atoms with E-state index < -0.39 is 0 Å². The number of imidazole rings is 1. The molecule has 0 atom stereocenters. The van der Waals surface area contributed by atoms with E-state index in [-0.39, 0.29) is 12.6 Å². The standard InChI is InChI=1S/C14H10FN3O2/c15-8-1-3-9(4-2-8)16-14-17-10-5-12-13(20-7-19-12)6-11(10)18-14/h1-6H,7H2,(H2,16,17,18). The molecule has 100 valence electrons. The second-order valence-electron chi connectivity index (χ2n) is 4.44. The molecule has 0 saturated heterocycles. The van der Waals surface area contributed by atoms with E-state index >= 15 is 0 Å². The molecule has 0 amide bonds. The molecule has 6 heteroatoms. The molecule has 2 heterocycles. The second kappa shape index (κ2) is 4.12. The summed E-state index contributed by atoms with van der Waals surface area (Å²) in [6, 6.07) is 9.75. The second-order valence-corrected chi connectivity index (χ2v) is 4.44. The third-order valence-electron chi connectivity index (χ3n) is 3.08. The van der Waals surface area contributed by atoms with Crippen molar-refractivity contribution in [3.63, 3.8) is 0 Å². The fourth-order valence-corrected chi connectivity index (χ4v) is 2.13. The number of H-pyrrole nitrogens is 1. The van der Waals surface area contributed by atoms with Gasteiger partial charge in [-0.05, 0) is 24.3 Å². The van der Waals surface area contributed by atoms with E-state index in [1.165, 1.54) is 12.1 Å². The molecule has 0 unspecified atom stereocenters. The highest BCUT2D eigenvalue weighted by molar-refractivity contribution is 5.82. The van der Waals surface area contributed by atoms with Gasteiger partial charge in [0.1, 0.15) is 5.82 Å². The summed E-state index contributed by atoms with van der Waals surface area (Å²) in [5.41, 5.74) is 2.38. The summed E-state index contributed by atoms with van der Waals surface area (Å²) in [4.78, 5) is 7.55. The number of hydrogen-bond acceptors (Lipinski definition) is 4. The van der Waals surface area contributed by atoms with Crippen molar-refractivity contribution in [2.24, 2.45) is 0 Å². The molecule has 1 aromatic heterocycles. The quantitative estimate of drug-likeness (QED) is 0.751. The lowest BCUT2D eigenvalue weighted by Gasteiger charge is -2.01. The van der Waals surface area contributed by atoms with Crippen LogP contribution in [-0.2, 0) is 0 Å². The van der Waals surface area contributed by atoms with E-state index in [9.17, 15) is 4.39 Å². The fraction of sp³-hybridized carbons (Fsp3) is 0.0714. The van der Waals surface area contributed by atoms with Crippen LogP contribution in [0.2, 0.25) is 0 Å². The Hall–Kier alpha value is -2.76. The molecular weight excluding hydrogens is 261 g/mol. The maximum absolute atomic E-state index is 12.8. The predicted octanol–water partition coefficient (Wildman–Crippen LogP) is 3.17. The fourth-order valence-electron chi connectivity index (χ4n) is 2.13. The van der Waals surface area contributed by atoms with Crippen molar-refractivity contribution in [1.82, 2.24) is 9.97 Å². The van der Waals surface area contributed by atoms with Crippen LogP contribution >= 0.6 is 0 Å². The third-order valence-corrected chi connectivity index (χ3v) is 3.08. The number of anilines is 2. The van der Waals surface area contributed by atoms with Crippen LogP contribution in [0.5, 0.6) is 11.5 Å². The van der Waals surface area contributed by atoms with Gasteiger partial charge in [0, 0.05) is 17.8 Å².